The molecule has 2 aromatic rings. The van der Waals surface area contributed by atoms with Gasteiger partial charge in [0, 0.05) is 25.2 Å². The van der Waals surface area contributed by atoms with Gasteiger partial charge in [0.15, 0.2) is 0 Å². The molecular weight excluding hydrogens is 1000 g/mol. The van der Waals surface area contributed by atoms with Crippen molar-refractivity contribution >= 4 is 72.1 Å². The summed E-state index contributed by atoms with van der Waals surface area (Å²) in [5.74, 6) is -3.80. The number of rotatable bonds is 16. The molecule has 8 amide bonds. The Morgan fingerprint density at radius 1 is 0.533 bits per heavy atom. The predicted octanol–water partition coefficient (Wildman–Crippen LogP) is 3.69. The second-order valence-corrected chi connectivity index (χ2v) is 23.4. The zero-order valence-corrected chi connectivity index (χ0v) is 47.6. The van der Waals surface area contributed by atoms with Crippen LogP contribution in [0, 0.1) is 16.2 Å². The fourth-order valence-corrected chi connectivity index (χ4v) is 10.5. The Hall–Kier alpha value is -5.30. The number of amides is 8. The molecule has 0 radical (unpaired) electrons. The molecule has 0 aromatic heterocycles. The first-order valence-electron chi connectivity index (χ1n) is 26.2. The molecule has 20 heteroatoms. The van der Waals surface area contributed by atoms with Gasteiger partial charge in [0.25, 0.3) is 0 Å². The maximum atomic E-state index is 14.7. The zero-order valence-electron chi connectivity index (χ0n) is 45.9. The summed E-state index contributed by atoms with van der Waals surface area (Å²) in [5.41, 5.74) is 1.10. The standard InChI is InChI=1S/C55H82N10O8.2ClH/c1-31(56-11)45(66)62-43(53(3,4)5)49(70)64-29-35(27-41(64)47(68)60-39-25-17-21-33-19-13-15-23-37(33)39)58-51(72)55(9,10)52(73)59-36-28-42(48(69)61-40-26-18-22-34-20-14-16-24-38(34)40)65(30-36)50(71)44(54(6,7)8)63-46(67)32(2)57-12;;/h13-16,19-20,23-24,31-32,35-36,39-44,56-57H,17-18,21-22,25-30H2,1-12H3,(H,58,72)(H,59,73)(H,60,68)(H,61,69)(H,62,66)(H,63,67);2*1H/t31-,32-,35-,36-,39+,40+,41-,42-,43+,44+;;/m0../s1. The number of fused-ring (bicyclic) bond motifs is 2. The summed E-state index contributed by atoms with van der Waals surface area (Å²) in [6.45, 7) is 17.2. The lowest BCUT2D eigenvalue weighted by atomic mass is 9.85. The minimum atomic E-state index is -1.71. The van der Waals surface area contributed by atoms with Gasteiger partial charge in [-0.25, -0.2) is 0 Å². The fourth-order valence-electron chi connectivity index (χ4n) is 10.5. The molecule has 2 aliphatic carbocycles. The van der Waals surface area contributed by atoms with E-state index in [1.165, 1.54) is 23.6 Å². The van der Waals surface area contributed by atoms with Gasteiger partial charge in [-0.3, -0.25) is 38.4 Å². The lowest BCUT2D eigenvalue weighted by molar-refractivity contribution is -0.144. The van der Waals surface area contributed by atoms with Gasteiger partial charge in [0.05, 0.1) is 24.2 Å². The summed E-state index contributed by atoms with van der Waals surface area (Å²) in [5, 5.41) is 24.0. The van der Waals surface area contributed by atoms with E-state index in [9.17, 15) is 38.4 Å². The molecule has 2 aromatic carbocycles. The van der Waals surface area contributed by atoms with Crippen LogP contribution < -0.4 is 42.5 Å². The number of halogens is 2. The van der Waals surface area contributed by atoms with Crippen molar-refractivity contribution in [2.75, 3.05) is 27.2 Å². The largest absolute Gasteiger partial charge is 0.351 e. The third-order valence-corrected chi connectivity index (χ3v) is 15.4. The number of benzene rings is 2. The number of nitrogens with zero attached hydrogens (tertiary/aromatic N) is 2. The van der Waals surface area contributed by atoms with Crippen LogP contribution in [0.3, 0.4) is 0 Å². The van der Waals surface area contributed by atoms with E-state index in [-0.39, 0.29) is 86.5 Å². The number of likely N-dealkylation sites (N-methyl/N-ethyl adjacent to an activating group) is 2. The number of hydrogen-bond acceptors (Lipinski definition) is 10. The van der Waals surface area contributed by atoms with E-state index in [1.807, 2.05) is 77.9 Å². The molecule has 10 atom stereocenters. The average molecular weight is 1080 g/mol. The van der Waals surface area contributed by atoms with Gasteiger partial charge in [-0.2, -0.15) is 0 Å². The van der Waals surface area contributed by atoms with Gasteiger partial charge < -0.3 is 52.3 Å². The Morgan fingerprint density at radius 2 is 0.880 bits per heavy atom. The molecule has 2 heterocycles. The molecule has 6 rings (SSSR count). The Balaban J connectivity index is 0.00000608. The summed E-state index contributed by atoms with van der Waals surface area (Å²) in [4.78, 5) is 117. The Labute approximate surface area is 456 Å². The quantitative estimate of drug-likeness (QED) is 0.114. The molecule has 0 unspecified atom stereocenters. The molecule has 2 fully saturated rings. The van der Waals surface area contributed by atoms with Gasteiger partial charge in [0.1, 0.15) is 29.6 Å². The topological polar surface area (TPSA) is 239 Å². The first-order chi connectivity index (χ1) is 34.3. The molecule has 0 spiro atoms. The summed E-state index contributed by atoms with van der Waals surface area (Å²) in [6, 6.07) is 8.60. The van der Waals surface area contributed by atoms with Crippen molar-refractivity contribution in [3.05, 3.63) is 70.8 Å². The molecule has 2 saturated heterocycles. The predicted molar refractivity (Wildman–Crippen MR) is 293 cm³/mol. The molecule has 4 aliphatic rings. The van der Waals surface area contributed by atoms with Crippen LogP contribution in [-0.4, -0.2) is 133 Å². The highest BCUT2D eigenvalue weighted by Crippen LogP contribution is 2.34. The van der Waals surface area contributed by atoms with Crippen LogP contribution in [0.1, 0.15) is 142 Å². The smallest absolute Gasteiger partial charge is 0.246 e. The summed E-state index contributed by atoms with van der Waals surface area (Å²) < 4.78 is 0. The minimum Gasteiger partial charge on any atom is -0.351 e. The highest BCUT2D eigenvalue weighted by molar-refractivity contribution is 6.05. The van der Waals surface area contributed by atoms with Crippen molar-refractivity contribution in [1.82, 2.24) is 52.3 Å². The van der Waals surface area contributed by atoms with Crippen molar-refractivity contribution < 1.29 is 38.4 Å². The highest BCUT2D eigenvalue weighted by atomic mass is 35.5. The Bertz CT molecular complexity index is 2250. The number of likely N-dealkylation sites (tertiary alicyclic amines) is 2. The first-order valence-corrected chi connectivity index (χ1v) is 26.2. The van der Waals surface area contributed by atoms with Crippen LogP contribution in [-0.2, 0) is 51.2 Å². The third-order valence-electron chi connectivity index (χ3n) is 15.4. The SMILES string of the molecule is CN[C@@H](C)C(=O)N[C@H](C(=O)N1C[C@@H](NC(=O)C(C)(C)C(=O)N[C@H]2C[C@@H](C(=O)N[C@@H]3CCCc4ccccc43)N(C(=O)[C@@H](NC(=O)[C@H](C)NC)C(C)(C)C)C2)C[C@H]1C(=O)N[C@@H]1CCCc2ccccc21)C(C)(C)C.Cl.Cl. The number of carbonyl (C=O) groups is 8. The number of carbonyl (C=O) groups excluding carboxylic acids is 8. The maximum absolute atomic E-state index is 14.7. The molecule has 75 heavy (non-hydrogen) atoms. The van der Waals surface area contributed by atoms with Crippen LogP contribution in [0.5, 0.6) is 0 Å². The molecule has 416 valence electrons. The normalized spacial score (nSPS) is 23.0. The Morgan fingerprint density at radius 3 is 1.21 bits per heavy atom. The average Bonchev–Trinajstić information content (AvgIpc) is 3.98. The second kappa shape index (κ2) is 25.7. The van der Waals surface area contributed by atoms with E-state index >= 15 is 0 Å². The fraction of sp³-hybridized carbons (Fsp3) is 0.636. The second-order valence-electron chi connectivity index (χ2n) is 23.4. The molecule has 18 nitrogen and oxygen atoms in total. The van der Waals surface area contributed by atoms with Crippen molar-refractivity contribution in [1.29, 1.82) is 0 Å². The van der Waals surface area contributed by atoms with Crippen LogP contribution in [0.15, 0.2) is 48.5 Å². The van der Waals surface area contributed by atoms with Gasteiger partial charge in [0.2, 0.25) is 47.3 Å². The van der Waals surface area contributed by atoms with E-state index in [0.717, 1.165) is 47.9 Å². The van der Waals surface area contributed by atoms with Gasteiger partial charge >= 0.3 is 0 Å². The van der Waals surface area contributed by atoms with Gasteiger partial charge in [-0.15, -0.1) is 24.8 Å². The zero-order chi connectivity index (χ0) is 53.7. The number of aryl methyl sites for hydroxylation is 2. The monoisotopic (exact) mass is 1080 g/mol. The van der Waals surface area contributed by atoms with E-state index < -0.39 is 88.2 Å². The molecule has 0 saturated carbocycles. The maximum Gasteiger partial charge on any atom is 0.246 e. The van der Waals surface area contributed by atoms with Crippen LogP contribution in [0.2, 0.25) is 0 Å². The van der Waals surface area contributed by atoms with Gasteiger partial charge in [-0.1, -0.05) is 90.1 Å². The van der Waals surface area contributed by atoms with Crippen molar-refractivity contribution in [3.8, 4) is 0 Å². The van der Waals surface area contributed by atoms with E-state index in [0.29, 0.717) is 12.8 Å². The number of nitrogens with one attached hydrogen (secondary N) is 8. The highest BCUT2D eigenvalue weighted by Gasteiger charge is 2.50. The molecule has 8 N–H and O–H groups in total. The summed E-state index contributed by atoms with van der Waals surface area (Å²) in [6.07, 6.45) is 5.06. The lowest BCUT2D eigenvalue weighted by Gasteiger charge is -2.36. The van der Waals surface area contributed by atoms with E-state index in [4.69, 9.17) is 0 Å². The Kier molecular flexibility index (Phi) is 21.3. The molecule has 2 aliphatic heterocycles. The molecular formula is C55H84Cl2N10O8. The lowest BCUT2D eigenvalue weighted by Crippen LogP contribution is -2.60. The van der Waals surface area contributed by atoms with E-state index in [1.54, 1.807) is 27.9 Å². The third kappa shape index (κ3) is 14.6. The van der Waals surface area contributed by atoms with E-state index in [2.05, 4.69) is 54.7 Å². The first kappa shape index (κ1) is 62.2. The van der Waals surface area contributed by atoms with Crippen molar-refractivity contribution in [2.24, 2.45) is 16.2 Å². The summed E-state index contributed by atoms with van der Waals surface area (Å²) in [7, 11) is 3.29. The molecule has 0 bridgehead atoms. The van der Waals surface area contributed by atoms with Crippen molar-refractivity contribution in [2.45, 2.75) is 181 Å². The summed E-state index contributed by atoms with van der Waals surface area (Å²) >= 11 is 0. The van der Waals surface area contributed by atoms with Crippen LogP contribution in [0.25, 0.3) is 0 Å². The minimum absolute atomic E-state index is 0. The number of hydrogen-bond donors (Lipinski definition) is 8. The van der Waals surface area contributed by atoms with Gasteiger partial charge in [-0.05, 0) is 126 Å². The van der Waals surface area contributed by atoms with Crippen LogP contribution in [0.4, 0.5) is 0 Å². The van der Waals surface area contributed by atoms with Crippen molar-refractivity contribution in [3.63, 3.8) is 0 Å². The van der Waals surface area contributed by atoms with Crippen LogP contribution >= 0.6 is 24.8 Å².